The molecule has 0 saturated heterocycles. The summed E-state index contributed by atoms with van der Waals surface area (Å²) in [5.41, 5.74) is 24.6. The Balaban J connectivity index is 0.853. The van der Waals surface area contributed by atoms with Gasteiger partial charge in [0.05, 0.1) is 33.1 Å². The van der Waals surface area contributed by atoms with Crippen molar-refractivity contribution < 1.29 is 4.42 Å². The quantitative estimate of drug-likeness (QED) is 0.163. The molecule has 0 aliphatic heterocycles. The Morgan fingerprint density at radius 2 is 0.734 bits per heavy atom. The predicted molar refractivity (Wildman–Crippen MR) is 331 cm³/mol. The first kappa shape index (κ1) is 44.0. The summed E-state index contributed by atoms with van der Waals surface area (Å²) >= 11 is 0. The number of benzene rings is 12. The molecule has 0 bridgehead atoms. The third-order valence-corrected chi connectivity index (χ3v) is 17.4. The highest BCUT2D eigenvalue weighted by Gasteiger charge is 2.36. The van der Waals surface area contributed by atoms with Crippen molar-refractivity contribution in [1.82, 2.24) is 13.7 Å². The van der Waals surface area contributed by atoms with Crippen LogP contribution in [0.1, 0.15) is 25.0 Å². The van der Waals surface area contributed by atoms with Crippen LogP contribution in [0, 0.1) is 0 Å². The molecular formula is C75H49N3O. The van der Waals surface area contributed by atoms with Crippen molar-refractivity contribution in [3.05, 3.63) is 272 Å². The summed E-state index contributed by atoms with van der Waals surface area (Å²) in [5.74, 6) is 0. The van der Waals surface area contributed by atoms with Crippen LogP contribution < -0.4 is 0 Å². The molecule has 0 unspecified atom stereocenters. The number of hydrogen-bond donors (Lipinski definition) is 0. The van der Waals surface area contributed by atoms with E-state index in [-0.39, 0.29) is 5.41 Å². The van der Waals surface area contributed by atoms with E-state index < -0.39 is 0 Å². The predicted octanol–water partition coefficient (Wildman–Crippen LogP) is 20.2. The number of fused-ring (bicyclic) bond motifs is 15. The standard InChI is InChI=1S/C75H49N3O/c1-75(2)63-28-14-12-24-55(63)57-44-60-59-42-48(34-38-67(59)78(70(60)45-64(57)75)52-22-10-5-11-23-52)54-27-17-31-72-74(54)62-43-49(35-39-71(62)79-72)53-26-16-30-69-73(53)61-41-47(33-37-68(61)77(69)51-20-8-4-9-21-51)46-32-36-66-58(40-46)56-25-13-15-29-65(56)76(66)50-18-6-3-7-19-50/h3-45H,1-2H3. The molecule has 4 aromatic heterocycles. The highest BCUT2D eigenvalue weighted by molar-refractivity contribution is 6.20. The van der Waals surface area contributed by atoms with Crippen LogP contribution >= 0.6 is 0 Å². The average molecular weight is 1010 g/mol. The van der Waals surface area contributed by atoms with Crippen LogP contribution in [-0.4, -0.2) is 13.7 Å². The maximum absolute atomic E-state index is 6.79. The molecule has 0 amide bonds. The van der Waals surface area contributed by atoms with Crippen LogP contribution in [0.15, 0.2) is 265 Å². The Morgan fingerprint density at radius 3 is 1.44 bits per heavy atom. The van der Waals surface area contributed by atoms with E-state index in [4.69, 9.17) is 4.42 Å². The largest absolute Gasteiger partial charge is 0.456 e. The third kappa shape index (κ3) is 6.31. The summed E-state index contributed by atoms with van der Waals surface area (Å²) in [5, 5.41) is 9.60. The van der Waals surface area contributed by atoms with Crippen LogP contribution in [0.5, 0.6) is 0 Å². The average Bonchev–Trinajstić information content (AvgIpc) is 4.49. The number of nitrogens with zero attached hydrogens (tertiary/aromatic N) is 3. The summed E-state index contributed by atoms with van der Waals surface area (Å²) in [7, 11) is 0. The van der Waals surface area contributed by atoms with E-state index in [2.05, 4.69) is 288 Å². The molecule has 0 fully saturated rings. The first-order chi connectivity index (χ1) is 38.9. The molecule has 79 heavy (non-hydrogen) atoms. The van der Waals surface area contributed by atoms with Gasteiger partial charge in [0.1, 0.15) is 11.2 Å². The molecule has 4 heterocycles. The van der Waals surface area contributed by atoms with Crippen LogP contribution in [0.4, 0.5) is 0 Å². The summed E-state index contributed by atoms with van der Waals surface area (Å²) in [4.78, 5) is 0. The second-order valence-corrected chi connectivity index (χ2v) is 22.0. The Labute approximate surface area is 455 Å². The maximum Gasteiger partial charge on any atom is 0.136 e. The molecule has 0 saturated carbocycles. The Bertz CT molecular complexity index is 5200. The van der Waals surface area contributed by atoms with Gasteiger partial charge in [-0.2, -0.15) is 0 Å². The molecule has 1 aliphatic carbocycles. The van der Waals surface area contributed by atoms with Crippen molar-refractivity contribution >= 4 is 87.4 Å². The minimum Gasteiger partial charge on any atom is -0.456 e. The summed E-state index contributed by atoms with van der Waals surface area (Å²) in [6.45, 7) is 4.74. The normalized spacial score (nSPS) is 13.0. The zero-order valence-electron chi connectivity index (χ0n) is 43.6. The summed E-state index contributed by atoms with van der Waals surface area (Å²) in [6, 6.07) is 96.1. The molecular weight excluding hydrogens is 959 g/mol. The zero-order valence-corrected chi connectivity index (χ0v) is 43.6. The molecule has 4 nitrogen and oxygen atoms in total. The van der Waals surface area contributed by atoms with E-state index >= 15 is 0 Å². The lowest BCUT2D eigenvalue weighted by atomic mass is 9.82. The molecule has 0 atom stereocenters. The number of furan rings is 1. The minimum atomic E-state index is -0.115. The van der Waals surface area contributed by atoms with Crippen molar-refractivity contribution in [2.75, 3.05) is 0 Å². The lowest BCUT2D eigenvalue weighted by Gasteiger charge is -2.21. The molecule has 16 aromatic rings. The van der Waals surface area contributed by atoms with E-state index in [9.17, 15) is 0 Å². The van der Waals surface area contributed by atoms with E-state index in [1.807, 2.05) is 0 Å². The van der Waals surface area contributed by atoms with Crippen molar-refractivity contribution in [3.8, 4) is 61.6 Å². The topological polar surface area (TPSA) is 27.9 Å². The maximum atomic E-state index is 6.79. The third-order valence-electron chi connectivity index (χ3n) is 17.4. The van der Waals surface area contributed by atoms with Crippen molar-refractivity contribution in [2.24, 2.45) is 0 Å². The second kappa shape index (κ2) is 16.4. The number of rotatable bonds is 6. The van der Waals surface area contributed by atoms with E-state index in [0.717, 1.165) is 66.7 Å². The Hall–Kier alpha value is -10.2. The van der Waals surface area contributed by atoms with E-state index in [1.165, 1.54) is 93.3 Å². The molecule has 17 rings (SSSR count). The molecule has 370 valence electrons. The van der Waals surface area contributed by atoms with Crippen LogP contribution in [0.25, 0.3) is 149 Å². The molecule has 0 radical (unpaired) electrons. The van der Waals surface area contributed by atoms with Gasteiger partial charge in [-0.25, -0.2) is 0 Å². The minimum absolute atomic E-state index is 0.115. The molecule has 12 aromatic carbocycles. The number of aromatic nitrogens is 3. The highest BCUT2D eigenvalue weighted by Crippen LogP contribution is 2.52. The van der Waals surface area contributed by atoms with Gasteiger partial charge in [-0.05, 0) is 171 Å². The smallest absolute Gasteiger partial charge is 0.136 e. The first-order valence-corrected chi connectivity index (χ1v) is 27.4. The van der Waals surface area contributed by atoms with Gasteiger partial charge < -0.3 is 18.1 Å². The van der Waals surface area contributed by atoms with Gasteiger partial charge in [0.2, 0.25) is 0 Å². The van der Waals surface area contributed by atoms with Gasteiger partial charge in [-0.3, -0.25) is 0 Å². The van der Waals surface area contributed by atoms with Crippen LogP contribution in [-0.2, 0) is 5.41 Å². The lowest BCUT2D eigenvalue weighted by Crippen LogP contribution is -2.14. The lowest BCUT2D eigenvalue weighted by molar-refractivity contribution is 0.661. The van der Waals surface area contributed by atoms with Gasteiger partial charge in [-0.15, -0.1) is 0 Å². The second-order valence-electron chi connectivity index (χ2n) is 22.0. The molecule has 0 spiro atoms. The van der Waals surface area contributed by atoms with Gasteiger partial charge in [0.15, 0.2) is 0 Å². The van der Waals surface area contributed by atoms with Gasteiger partial charge in [-0.1, -0.05) is 159 Å². The van der Waals surface area contributed by atoms with Crippen molar-refractivity contribution in [3.63, 3.8) is 0 Å². The van der Waals surface area contributed by atoms with Crippen molar-refractivity contribution in [2.45, 2.75) is 19.3 Å². The zero-order chi connectivity index (χ0) is 52.1. The van der Waals surface area contributed by atoms with Gasteiger partial charge >= 0.3 is 0 Å². The Morgan fingerprint density at radius 1 is 0.266 bits per heavy atom. The number of para-hydroxylation sites is 4. The fourth-order valence-electron chi connectivity index (χ4n) is 13.8. The van der Waals surface area contributed by atoms with Crippen molar-refractivity contribution in [1.29, 1.82) is 0 Å². The summed E-state index contributed by atoms with van der Waals surface area (Å²) < 4.78 is 14.1. The highest BCUT2D eigenvalue weighted by atomic mass is 16.3. The van der Waals surface area contributed by atoms with Gasteiger partial charge in [0.25, 0.3) is 0 Å². The molecule has 0 N–H and O–H groups in total. The molecule has 1 aliphatic rings. The Kier molecular flexibility index (Phi) is 9.15. The van der Waals surface area contributed by atoms with E-state index in [0.29, 0.717) is 0 Å². The van der Waals surface area contributed by atoms with Crippen LogP contribution in [0.3, 0.4) is 0 Å². The monoisotopic (exact) mass is 1010 g/mol. The fourth-order valence-corrected chi connectivity index (χ4v) is 13.8. The molecule has 4 heteroatoms. The number of hydrogen-bond acceptors (Lipinski definition) is 1. The SMILES string of the molecule is CC1(C)c2ccccc2-c2cc3c4cc(-c5cccc6oc7ccc(-c8cccc9c8c8cc(-c%10ccc%11c(c%10)c%10ccccc%10n%11-c%10ccccc%10)ccc8n9-c8ccccc8)cc7c56)ccc4n(-c4ccccc4)c3cc21. The van der Waals surface area contributed by atoms with Crippen LogP contribution in [0.2, 0.25) is 0 Å². The first-order valence-electron chi connectivity index (χ1n) is 27.4. The summed E-state index contributed by atoms with van der Waals surface area (Å²) in [6.07, 6.45) is 0. The van der Waals surface area contributed by atoms with Gasteiger partial charge in [0, 0.05) is 65.6 Å². The van der Waals surface area contributed by atoms with E-state index in [1.54, 1.807) is 0 Å². The fraction of sp³-hybridized carbons (Fsp3) is 0.0400.